The van der Waals surface area contributed by atoms with Gasteiger partial charge in [0, 0.05) is 14.6 Å². The van der Waals surface area contributed by atoms with Crippen molar-refractivity contribution in [2.75, 3.05) is 0 Å². The number of nitrogens with zero attached hydrogens (tertiary/aromatic N) is 1. The molecule has 0 aliphatic heterocycles. The fraction of sp³-hybridized carbons (Fsp3) is 0.115. The van der Waals surface area contributed by atoms with E-state index in [0.29, 0.717) is 5.75 Å². The number of ether oxygens (including phenoxy) is 1. The molecule has 4 aromatic rings. The summed E-state index contributed by atoms with van der Waals surface area (Å²) in [5.74, 6) is -3.12. The monoisotopic (exact) mass is 529 g/mol. The van der Waals surface area contributed by atoms with Crippen LogP contribution in [0, 0.1) is 32.4 Å². The van der Waals surface area contributed by atoms with Gasteiger partial charge < -0.3 is 9.72 Å². The summed E-state index contributed by atoms with van der Waals surface area (Å²) >= 11 is 0. The first-order valence-electron chi connectivity index (χ1n) is 10.9. The highest BCUT2D eigenvalue weighted by Crippen LogP contribution is 2.33. The molecule has 2 N–H and O–H groups in total. The van der Waals surface area contributed by atoms with E-state index in [1.165, 1.54) is 30.5 Å². The highest BCUT2D eigenvalue weighted by molar-refractivity contribution is 7.90. The number of nitrogens with one attached hydrogen (secondary N) is 2. The number of H-pyrrole nitrogens is 1. The van der Waals surface area contributed by atoms with E-state index < -0.39 is 38.0 Å². The number of pyridine rings is 2. The zero-order valence-electron chi connectivity index (χ0n) is 19.9. The summed E-state index contributed by atoms with van der Waals surface area (Å²) in [6, 6.07) is 11.8. The molecule has 2 aromatic carbocycles. The highest BCUT2D eigenvalue weighted by atomic mass is 32.2. The Morgan fingerprint density at radius 1 is 1.00 bits per heavy atom. The SMILES string of the molecule is Cc1cc(C)c(Oc2nc(-c3ccc(F)c(F)c3)ccc2C(=O)NS(=O)(=O)c2ccc[nH]c2=O)c(C)c1.[HH].[HH]. The summed E-state index contributed by atoms with van der Waals surface area (Å²) in [5, 5.41) is 0. The maximum Gasteiger partial charge on any atom is 0.270 e. The van der Waals surface area contributed by atoms with Crippen molar-refractivity contribution in [2.24, 2.45) is 0 Å². The molecule has 0 aliphatic carbocycles. The summed E-state index contributed by atoms with van der Waals surface area (Å²) in [7, 11) is -4.54. The van der Waals surface area contributed by atoms with Gasteiger partial charge in [-0.2, -0.15) is 0 Å². The maximum absolute atomic E-state index is 13.9. The third-order valence-electron chi connectivity index (χ3n) is 5.42. The average Bonchev–Trinajstić information content (AvgIpc) is 2.83. The summed E-state index contributed by atoms with van der Waals surface area (Å²) in [4.78, 5) is 31.0. The van der Waals surface area contributed by atoms with Crippen molar-refractivity contribution in [1.82, 2.24) is 14.7 Å². The fourth-order valence-electron chi connectivity index (χ4n) is 3.78. The lowest BCUT2D eigenvalue weighted by molar-refractivity contribution is 0.0978. The summed E-state index contributed by atoms with van der Waals surface area (Å²) in [6.07, 6.45) is 1.25. The number of hydrogen-bond donors (Lipinski definition) is 2. The maximum atomic E-state index is 13.9. The van der Waals surface area contributed by atoms with Gasteiger partial charge in [-0.25, -0.2) is 26.9 Å². The van der Waals surface area contributed by atoms with Gasteiger partial charge in [0.05, 0.1) is 5.69 Å². The van der Waals surface area contributed by atoms with Crippen molar-refractivity contribution < 1.29 is 29.6 Å². The number of amides is 1. The minimum atomic E-state index is -4.54. The zero-order valence-corrected chi connectivity index (χ0v) is 20.7. The van der Waals surface area contributed by atoms with E-state index in [9.17, 15) is 26.8 Å². The highest BCUT2D eigenvalue weighted by Gasteiger charge is 2.25. The quantitative estimate of drug-likeness (QED) is 0.361. The molecule has 0 saturated heterocycles. The van der Waals surface area contributed by atoms with Crippen molar-refractivity contribution in [1.29, 1.82) is 0 Å². The zero-order chi connectivity index (χ0) is 26.9. The van der Waals surface area contributed by atoms with Crippen LogP contribution in [0.3, 0.4) is 0 Å². The Morgan fingerprint density at radius 3 is 2.35 bits per heavy atom. The summed E-state index contributed by atoms with van der Waals surface area (Å²) < 4.78 is 60.6. The summed E-state index contributed by atoms with van der Waals surface area (Å²) in [6.45, 7) is 5.49. The van der Waals surface area contributed by atoms with Gasteiger partial charge in [0.25, 0.3) is 21.5 Å². The molecule has 1 amide bonds. The van der Waals surface area contributed by atoms with E-state index in [1.807, 2.05) is 23.8 Å². The van der Waals surface area contributed by atoms with Gasteiger partial charge in [0.1, 0.15) is 11.3 Å². The third-order valence-corrected chi connectivity index (χ3v) is 6.78. The van der Waals surface area contributed by atoms with E-state index in [-0.39, 0.29) is 25.6 Å². The van der Waals surface area contributed by atoms with Crippen LogP contribution >= 0.6 is 0 Å². The van der Waals surface area contributed by atoms with Gasteiger partial charge in [0.2, 0.25) is 5.88 Å². The van der Waals surface area contributed by atoms with Crippen LogP contribution in [0.5, 0.6) is 11.6 Å². The van der Waals surface area contributed by atoms with Gasteiger partial charge in [-0.15, -0.1) is 0 Å². The Hall–Kier alpha value is -4.38. The molecule has 2 aromatic heterocycles. The Kier molecular flexibility index (Phi) is 6.90. The average molecular weight is 530 g/mol. The molecule has 0 saturated carbocycles. The lowest BCUT2D eigenvalue weighted by atomic mass is 10.1. The first kappa shape index (κ1) is 25.7. The predicted octanol–water partition coefficient (Wildman–Crippen LogP) is 5.04. The van der Waals surface area contributed by atoms with E-state index in [4.69, 9.17) is 4.74 Å². The number of aromatic nitrogens is 2. The third kappa shape index (κ3) is 5.41. The smallest absolute Gasteiger partial charge is 0.270 e. The van der Waals surface area contributed by atoms with Crippen molar-refractivity contribution in [3.8, 4) is 22.9 Å². The molecular formula is C26H25F2N3O5S. The first-order valence-corrected chi connectivity index (χ1v) is 12.4. The lowest BCUT2D eigenvalue weighted by Crippen LogP contribution is -2.34. The Balaban J connectivity index is 0.00000267. The topological polar surface area (TPSA) is 118 Å². The van der Waals surface area contributed by atoms with E-state index >= 15 is 0 Å². The molecule has 0 bridgehead atoms. The van der Waals surface area contributed by atoms with E-state index in [2.05, 4.69) is 9.97 Å². The standard InChI is InChI=1S/C26H21F2N3O5S.2H2/c1-14-11-15(2)23(16(3)12-14)36-26-18(7-9-21(30-26)17-6-8-19(27)20(28)13-17)24(32)31-37(34,35)22-5-4-10-29-25(22)33;;/h4-13H,1-3H3,(H,29,33)(H,31,32);2*1H. The number of aryl methyl sites for hydroxylation is 3. The molecule has 4 rings (SSSR count). The molecule has 2 heterocycles. The molecular weight excluding hydrogens is 504 g/mol. The second-order valence-corrected chi connectivity index (χ2v) is 9.96. The molecule has 0 spiro atoms. The van der Waals surface area contributed by atoms with Crippen molar-refractivity contribution >= 4 is 15.9 Å². The predicted molar refractivity (Wildman–Crippen MR) is 136 cm³/mol. The second kappa shape index (κ2) is 9.94. The van der Waals surface area contributed by atoms with E-state index in [0.717, 1.165) is 34.9 Å². The Labute approximate surface area is 214 Å². The first-order chi connectivity index (χ1) is 17.5. The Morgan fingerprint density at radius 2 is 1.70 bits per heavy atom. The molecule has 0 radical (unpaired) electrons. The van der Waals surface area contributed by atoms with Crippen molar-refractivity contribution in [3.05, 3.63) is 105 Å². The molecule has 0 fully saturated rings. The lowest BCUT2D eigenvalue weighted by Gasteiger charge is -2.16. The van der Waals surface area contributed by atoms with Gasteiger partial charge >= 0.3 is 0 Å². The molecule has 11 heteroatoms. The molecule has 0 aliphatic rings. The number of benzene rings is 2. The number of rotatable bonds is 6. The van der Waals surface area contributed by atoms with Crippen LogP contribution in [0.2, 0.25) is 0 Å². The van der Waals surface area contributed by atoms with Crippen LogP contribution in [-0.2, 0) is 10.0 Å². The number of aromatic amines is 1. The van der Waals surface area contributed by atoms with Crippen LogP contribution in [0.1, 0.15) is 29.9 Å². The number of carbonyl (C=O) groups excluding carboxylic acids is 1. The van der Waals surface area contributed by atoms with Gasteiger partial charge in [-0.3, -0.25) is 9.59 Å². The number of hydrogen-bond acceptors (Lipinski definition) is 6. The van der Waals surface area contributed by atoms with Crippen LogP contribution in [-0.4, -0.2) is 24.3 Å². The van der Waals surface area contributed by atoms with Gasteiger partial charge in [-0.1, -0.05) is 17.7 Å². The minimum Gasteiger partial charge on any atom is -0.438 e. The molecule has 194 valence electrons. The van der Waals surface area contributed by atoms with Crippen molar-refractivity contribution in [3.63, 3.8) is 0 Å². The second-order valence-electron chi connectivity index (χ2n) is 8.31. The van der Waals surface area contributed by atoms with E-state index in [1.54, 1.807) is 13.8 Å². The largest absolute Gasteiger partial charge is 0.438 e. The minimum absolute atomic E-state index is 0. The van der Waals surface area contributed by atoms with Crippen LogP contribution < -0.4 is 15.0 Å². The molecule has 8 nitrogen and oxygen atoms in total. The summed E-state index contributed by atoms with van der Waals surface area (Å²) in [5.41, 5.74) is 1.62. The van der Waals surface area contributed by atoms with Gasteiger partial charge in [0.15, 0.2) is 16.5 Å². The normalized spacial score (nSPS) is 11.3. The van der Waals surface area contributed by atoms with Crippen LogP contribution in [0.4, 0.5) is 8.78 Å². The van der Waals surface area contributed by atoms with Crippen LogP contribution in [0.15, 0.2) is 70.5 Å². The fourth-order valence-corrected chi connectivity index (χ4v) is 4.81. The Bertz CT molecular complexity index is 1690. The number of halogens is 2. The van der Waals surface area contributed by atoms with Gasteiger partial charge in [-0.05, 0) is 74.4 Å². The van der Waals surface area contributed by atoms with Crippen molar-refractivity contribution in [2.45, 2.75) is 25.7 Å². The number of sulfonamides is 1. The molecule has 37 heavy (non-hydrogen) atoms. The van der Waals surface area contributed by atoms with Crippen LogP contribution in [0.25, 0.3) is 11.3 Å². The molecule has 0 unspecified atom stereocenters. The number of carbonyl (C=O) groups is 1. The molecule has 0 atom stereocenters.